The fourth-order valence-electron chi connectivity index (χ4n) is 2.33. The van der Waals surface area contributed by atoms with Crippen molar-refractivity contribution in [3.8, 4) is 0 Å². The zero-order valence-electron chi connectivity index (χ0n) is 13.1. The lowest BCUT2D eigenvalue weighted by Gasteiger charge is -2.20. The van der Waals surface area contributed by atoms with Gasteiger partial charge >= 0.3 is 5.97 Å². The van der Waals surface area contributed by atoms with Gasteiger partial charge in [-0.1, -0.05) is 0 Å². The van der Waals surface area contributed by atoms with Crippen LogP contribution >= 0.6 is 0 Å². The van der Waals surface area contributed by atoms with Crippen LogP contribution in [0.15, 0.2) is 10.9 Å². The number of likely N-dealkylation sites (N-methyl/N-ethyl adjacent to an activating group) is 1. The number of carbonyl (C=O) groups is 2. The molecule has 1 atom stereocenters. The molecule has 0 fully saturated rings. The van der Waals surface area contributed by atoms with E-state index in [0.717, 1.165) is 0 Å². The van der Waals surface area contributed by atoms with Crippen LogP contribution in [0.1, 0.15) is 48.4 Å². The maximum atomic E-state index is 12.2. The third-order valence-electron chi connectivity index (χ3n) is 3.29. The van der Waals surface area contributed by atoms with E-state index in [0.29, 0.717) is 23.4 Å². The van der Waals surface area contributed by atoms with Gasteiger partial charge in [-0.15, -0.1) is 0 Å². The van der Waals surface area contributed by atoms with E-state index < -0.39 is 12.0 Å². The minimum Gasteiger partial charge on any atom is -0.462 e. The van der Waals surface area contributed by atoms with E-state index >= 15 is 0 Å². The fraction of sp³-hybridized carbons (Fsp3) is 0.533. The molecule has 0 radical (unpaired) electrons. The van der Waals surface area contributed by atoms with Gasteiger partial charge in [-0.2, -0.15) is 0 Å². The Hall–Kier alpha value is -2.11. The first kappa shape index (κ1) is 16.9. The molecule has 0 aromatic carbocycles. The number of amides is 1. The monoisotopic (exact) mass is 294 g/mol. The Morgan fingerprint density at radius 3 is 2.48 bits per heavy atom. The number of aromatic nitrogens is 1. The van der Waals surface area contributed by atoms with Gasteiger partial charge < -0.3 is 10.1 Å². The lowest BCUT2D eigenvalue weighted by Crippen LogP contribution is -2.37. The van der Waals surface area contributed by atoms with Crippen molar-refractivity contribution in [1.82, 2.24) is 9.88 Å². The number of nitrogens with zero attached hydrogens (tertiary/aromatic N) is 1. The van der Waals surface area contributed by atoms with Crippen LogP contribution in [0.2, 0.25) is 0 Å². The minimum atomic E-state index is -0.689. The summed E-state index contributed by atoms with van der Waals surface area (Å²) in [4.78, 5) is 36.2. The first-order valence-electron chi connectivity index (χ1n) is 7.02. The number of ether oxygens (including phenoxy) is 1. The number of hydrogen-bond acceptors (Lipinski definition) is 4. The summed E-state index contributed by atoms with van der Waals surface area (Å²) in [6, 6.07) is 0.667. The largest absolute Gasteiger partial charge is 0.462 e. The summed E-state index contributed by atoms with van der Waals surface area (Å²) >= 11 is 0. The second-order valence-corrected chi connectivity index (χ2v) is 4.79. The standard InChI is InChI=1S/C15H22N2O4/c1-6-16-14(19)11(5)17-10(4)13(15(20)21-7-2)9(3)8-12(17)18/h8,11H,6-7H2,1-5H3,(H,16,19). The molecule has 6 heteroatoms. The topological polar surface area (TPSA) is 77.4 Å². The highest BCUT2D eigenvalue weighted by Crippen LogP contribution is 2.16. The van der Waals surface area contributed by atoms with Crippen LogP contribution in [0.3, 0.4) is 0 Å². The molecular formula is C15H22N2O4. The van der Waals surface area contributed by atoms with Crippen LogP contribution in [0, 0.1) is 13.8 Å². The average molecular weight is 294 g/mol. The summed E-state index contributed by atoms with van der Waals surface area (Å²) in [5, 5.41) is 2.67. The SMILES string of the molecule is CCNC(=O)C(C)n1c(C)c(C(=O)OCC)c(C)cc1=O. The highest BCUT2D eigenvalue weighted by molar-refractivity contribution is 5.92. The van der Waals surface area contributed by atoms with Crippen LogP contribution in [0.25, 0.3) is 0 Å². The number of aryl methyl sites for hydroxylation is 1. The predicted octanol–water partition coefficient (Wildman–Crippen LogP) is 1.34. The van der Waals surface area contributed by atoms with Crippen molar-refractivity contribution in [2.24, 2.45) is 0 Å². The van der Waals surface area contributed by atoms with Crippen molar-refractivity contribution < 1.29 is 14.3 Å². The van der Waals surface area contributed by atoms with Crippen molar-refractivity contribution in [1.29, 1.82) is 0 Å². The zero-order valence-corrected chi connectivity index (χ0v) is 13.1. The van der Waals surface area contributed by atoms with Crippen LogP contribution in [0.4, 0.5) is 0 Å². The number of esters is 1. The van der Waals surface area contributed by atoms with Crippen LogP contribution in [-0.4, -0.2) is 29.6 Å². The Bertz CT molecular complexity index is 604. The van der Waals surface area contributed by atoms with Crippen LogP contribution in [-0.2, 0) is 9.53 Å². The third kappa shape index (κ3) is 3.51. The molecule has 6 nitrogen and oxygen atoms in total. The smallest absolute Gasteiger partial charge is 0.340 e. The van der Waals surface area contributed by atoms with Gasteiger partial charge in [0.15, 0.2) is 0 Å². The predicted molar refractivity (Wildman–Crippen MR) is 79.5 cm³/mol. The van der Waals surface area contributed by atoms with Gasteiger partial charge in [0, 0.05) is 18.3 Å². The second kappa shape index (κ2) is 7.06. The molecule has 0 bridgehead atoms. The van der Waals surface area contributed by atoms with Crippen molar-refractivity contribution in [3.63, 3.8) is 0 Å². The molecule has 1 N–H and O–H groups in total. The molecule has 0 aliphatic carbocycles. The summed E-state index contributed by atoms with van der Waals surface area (Å²) in [5.74, 6) is -0.745. The van der Waals surface area contributed by atoms with Gasteiger partial charge in [0.25, 0.3) is 5.56 Å². The van der Waals surface area contributed by atoms with E-state index in [1.165, 1.54) is 10.6 Å². The summed E-state index contributed by atoms with van der Waals surface area (Å²) in [6.45, 7) is 9.22. The fourth-order valence-corrected chi connectivity index (χ4v) is 2.33. The molecule has 0 aliphatic rings. The molecule has 0 aliphatic heterocycles. The van der Waals surface area contributed by atoms with E-state index in [-0.39, 0.29) is 18.1 Å². The molecule has 1 aromatic rings. The lowest BCUT2D eigenvalue weighted by atomic mass is 10.1. The molecule has 21 heavy (non-hydrogen) atoms. The minimum absolute atomic E-state index is 0.253. The summed E-state index contributed by atoms with van der Waals surface area (Å²) < 4.78 is 6.34. The number of carbonyl (C=O) groups excluding carboxylic acids is 2. The summed E-state index contributed by atoms with van der Waals surface area (Å²) in [6.07, 6.45) is 0. The van der Waals surface area contributed by atoms with E-state index in [9.17, 15) is 14.4 Å². The Morgan fingerprint density at radius 2 is 1.95 bits per heavy atom. The second-order valence-electron chi connectivity index (χ2n) is 4.79. The molecule has 0 spiro atoms. The molecule has 1 aromatic heterocycles. The quantitative estimate of drug-likeness (QED) is 0.831. The van der Waals surface area contributed by atoms with Gasteiger partial charge in [0.1, 0.15) is 6.04 Å². The van der Waals surface area contributed by atoms with Gasteiger partial charge in [-0.05, 0) is 40.2 Å². The average Bonchev–Trinajstić information content (AvgIpc) is 2.38. The zero-order chi connectivity index (χ0) is 16.2. The Labute approximate surface area is 124 Å². The van der Waals surface area contributed by atoms with E-state index in [1.807, 2.05) is 0 Å². The summed E-state index contributed by atoms with van der Waals surface area (Å²) in [7, 11) is 0. The normalized spacial score (nSPS) is 11.9. The van der Waals surface area contributed by atoms with E-state index in [2.05, 4.69) is 5.32 Å². The molecule has 0 saturated carbocycles. The highest BCUT2D eigenvalue weighted by Gasteiger charge is 2.23. The highest BCUT2D eigenvalue weighted by atomic mass is 16.5. The van der Waals surface area contributed by atoms with Crippen LogP contribution in [0.5, 0.6) is 0 Å². The first-order chi connectivity index (χ1) is 9.84. The molecule has 1 amide bonds. The molecule has 116 valence electrons. The van der Waals surface area contributed by atoms with Crippen molar-refractivity contribution in [3.05, 3.63) is 33.2 Å². The molecule has 1 rings (SSSR count). The van der Waals surface area contributed by atoms with Gasteiger partial charge in [0.2, 0.25) is 5.91 Å². The Kier molecular flexibility index (Phi) is 5.69. The van der Waals surface area contributed by atoms with Crippen molar-refractivity contribution in [2.75, 3.05) is 13.2 Å². The van der Waals surface area contributed by atoms with E-state index in [1.54, 1.807) is 34.6 Å². The lowest BCUT2D eigenvalue weighted by molar-refractivity contribution is -0.123. The maximum Gasteiger partial charge on any atom is 0.340 e. The number of hydrogen-bond donors (Lipinski definition) is 1. The van der Waals surface area contributed by atoms with Crippen molar-refractivity contribution in [2.45, 2.75) is 40.7 Å². The molecule has 1 heterocycles. The maximum absolute atomic E-state index is 12.2. The molecule has 1 unspecified atom stereocenters. The number of nitrogens with one attached hydrogen (secondary N) is 1. The summed E-state index contributed by atoms with van der Waals surface area (Å²) in [5.41, 5.74) is 1.02. The molecule has 0 saturated heterocycles. The molecular weight excluding hydrogens is 272 g/mol. The Balaban J connectivity index is 3.40. The number of pyridine rings is 1. The van der Waals surface area contributed by atoms with Gasteiger partial charge in [0.05, 0.1) is 12.2 Å². The van der Waals surface area contributed by atoms with Crippen molar-refractivity contribution >= 4 is 11.9 Å². The van der Waals surface area contributed by atoms with Crippen LogP contribution < -0.4 is 10.9 Å². The van der Waals surface area contributed by atoms with Gasteiger partial charge in [-0.25, -0.2) is 4.79 Å². The number of rotatable bonds is 5. The first-order valence-corrected chi connectivity index (χ1v) is 7.02. The third-order valence-corrected chi connectivity index (χ3v) is 3.29. The van der Waals surface area contributed by atoms with Gasteiger partial charge in [-0.3, -0.25) is 14.2 Å². The Morgan fingerprint density at radius 1 is 1.33 bits per heavy atom. The van der Waals surface area contributed by atoms with E-state index in [4.69, 9.17) is 4.74 Å².